The molecule has 0 saturated heterocycles. The zero-order valence-electron chi connectivity index (χ0n) is 12.3. The number of carboxylic acids is 1. The summed E-state index contributed by atoms with van der Waals surface area (Å²) in [6.07, 6.45) is 2.19. The number of carboxylic acid groups (broad SMARTS) is 1. The van der Waals surface area contributed by atoms with Gasteiger partial charge in [0.2, 0.25) is 10.0 Å². The van der Waals surface area contributed by atoms with Crippen LogP contribution in [0, 0.1) is 19.8 Å². The molecule has 0 aliphatic heterocycles. The topological polar surface area (TPSA) is 83.5 Å². The lowest BCUT2D eigenvalue weighted by Crippen LogP contribution is -2.38. The molecule has 116 valence electrons. The molecule has 2 N–H and O–H groups in total. The minimum atomic E-state index is -3.55. The van der Waals surface area contributed by atoms with Crippen molar-refractivity contribution < 1.29 is 18.3 Å². The number of sulfonamides is 1. The molecular formula is C15H21NO4S. The third-order valence-electron chi connectivity index (χ3n) is 4.03. The van der Waals surface area contributed by atoms with Crippen LogP contribution in [-0.2, 0) is 14.8 Å². The Kier molecular flexibility index (Phi) is 4.68. The first-order chi connectivity index (χ1) is 9.79. The van der Waals surface area contributed by atoms with Crippen molar-refractivity contribution in [2.45, 2.75) is 50.5 Å². The first-order valence-electron chi connectivity index (χ1n) is 7.12. The predicted molar refractivity (Wildman–Crippen MR) is 79.6 cm³/mol. The molecule has 1 aliphatic carbocycles. The summed E-state index contributed by atoms with van der Waals surface area (Å²) in [5, 5.41) is 8.96. The van der Waals surface area contributed by atoms with E-state index in [1.54, 1.807) is 19.1 Å². The third-order valence-corrected chi connectivity index (χ3v) is 5.69. The molecule has 5 nitrogen and oxygen atoms in total. The van der Waals surface area contributed by atoms with Gasteiger partial charge in [0, 0.05) is 6.04 Å². The van der Waals surface area contributed by atoms with E-state index in [2.05, 4.69) is 4.72 Å². The van der Waals surface area contributed by atoms with E-state index in [1.807, 2.05) is 13.0 Å². The van der Waals surface area contributed by atoms with Gasteiger partial charge in [-0.25, -0.2) is 13.1 Å². The van der Waals surface area contributed by atoms with Crippen molar-refractivity contribution in [3.8, 4) is 0 Å². The molecule has 0 heterocycles. The average Bonchev–Trinajstić information content (AvgIpc) is 2.41. The van der Waals surface area contributed by atoms with Gasteiger partial charge in [0.15, 0.2) is 0 Å². The Morgan fingerprint density at radius 3 is 2.38 bits per heavy atom. The van der Waals surface area contributed by atoms with E-state index >= 15 is 0 Å². The van der Waals surface area contributed by atoms with Crippen molar-refractivity contribution in [1.82, 2.24) is 4.72 Å². The molecule has 2 rings (SSSR count). The van der Waals surface area contributed by atoms with Gasteiger partial charge in [-0.15, -0.1) is 0 Å². The molecule has 21 heavy (non-hydrogen) atoms. The molecule has 1 fully saturated rings. The van der Waals surface area contributed by atoms with Crippen molar-refractivity contribution in [2.24, 2.45) is 5.92 Å². The Morgan fingerprint density at radius 2 is 1.81 bits per heavy atom. The van der Waals surface area contributed by atoms with E-state index < -0.39 is 16.0 Å². The van der Waals surface area contributed by atoms with E-state index in [0.717, 1.165) is 5.56 Å². The fourth-order valence-corrected chi connectivity index (χ4v) is 4.37. The molecule has 1 aromatic carbocycles. The van der Waals surface area contributed by atoms with Gasteiger partial charge in [0.25, 0.3) is 0 Å². The average molecular weight is 311 g/mol. The molecule has 0 aromatic heterocycles. The number of benzene rings is 1. The molecule has 1 aliphatic rings. The van der Waals surface area contributed by atoms with Crippen LogP contribution in [0.15, 0.2) is 23.1 Å². The van der Waals surface area contributed by atoms with Gasteiger partial charge >= 0.3 is 5.97 Å². The Balaban J connectivity index is 2.09. The molecule has 1 saturated carbocycles. The summed E-state index contributed by atoms with van der Waals surface area (Å²) in [6.45, 7) is 3.63. The van der Waals surface area contributed by atoms with Crippen LogP contribution in [0.4, 0.5) is 0 Å². The van der Waals surface area contributed by atoms with Crippen molar-refractivity contribution in [2.75, 3.05) is 0 Å². The summed E-state index contributed by atoms with van der Waals surface area (Å²) in [5.41, 5.74) is 1.61. The zero-order chi connectivity index (χ0) is 15.6. The van der Waals surface area contributed by atoms with Gasteiger partial charge in [-0.1, -0.05) is 12.1 Å². The summed E-state index contributed by atoms with van der Waals surface area (Å²) < 4.78 is 27.6. The Bertz CT molecular complexity index is 631. The molecule has 0 spiro atoms. The molecule has 0 radical (unpaired) electrons. The summed E-state index contributed by atoms with van der Waals surface area (Å²) in [7, 11) is -3.55. The Hall–Kier alpha value is -1.40. The number of hydrogen-bond donors (Lipinski definition) is 2. The minimum Gasteiger partial charge on any atom is -0.481 e. The summed E-state index contributed by atoms with van der Waals surface area (Å²) in [6, 6.07) is 5.17. The lowest BCUT2D eigenvalue weighted by molar-refractivity contribution is -0.142. The van der Waals surface area contributed by atoms with Crippen LogP contribution in [0.2, 0.25) is 0 Å². The second-order valence-electron chi connectivity index (χ2n) is 5.78. The number of hydrogen-bond acceptors (Lipinski definition) is 3. The highest BCUT2D eigenvalue weighted by atomic mass is 32.2. The fraction of sp³-hybridized carbons (Fsp3) is 0.533. The maximum atomic E-state index is 12.5. The monoisotopic (exact) mass is 311 g/mol. The molecule has 6 heteroatoms. The van der Waals surface area contributed by atoms with Crippen LogP contribution in [0.5, 0.6) is 0 Å². The molecular weight excluding hydrogens is 290 g/mol. The van der Waals surface area contributed by atoms with Crippen molar-refractivity contribution in [3.63, 3.8) is 0 Å². The summed E-state index contributed by atoms with van der Waals surface area (Å²) in [4.78, 5) is 11.2. The smallest absolute Gasteiger partial charge is 0.306 e. The standard InChI is InChI=1S/C15H21NO4S/c1-10-3-4-11(2)14(9-10)21(19,20)16-13-7-5-12(6-8-13)15(17)18/h3-4,9,12-13,16H,5-8H2,1-2H3,(H,17,18). The van der Waals surface area contributed by atoms with E-state index in [0.29, 0.717) is 36.1 Å². The number of carbonyl (C=O) groups is 1. The lowest BCUT2D eigenvalue weighted by Gasteiger charge is -2.26. The van der Waals surface area contributed by atoms with Crippen molar-refractivity contribution in [3.05, 3.63) is 29.3 Å². The number of nitrogens with one attached hydrogen (secondary N) is 1. The van der Waals surface area contributed by atoms with Crippen molar-refractivity contribution in [1.29, 1.82) is 0 Å². The highest BCUT2D eigenvalue weighted by Crippen LogP contribution is 2.26. The SMILES string of the molecule is Cc1ccc(C)c(S(=O)(=O)NC2CCC(C(=O)O)CC2)c1. The second kappa shape index (κ2) is 6.15. The first kappa shape index (κ1) is 16.0. The largest absolute Gasteiger partial charge is 0.481 e. The molecule has 0 bridgehead atoms. The van der Waals surface area contributed by atoms with Crippen LogP contribution >= 0.6 is 0 Å². The van der Waals surface area contributed by atoms with E-state index in [9.17, 15) is 13.2 Å². The van der Waals surface area contributed by atoms with Gasteiger partial charge in [-0.05, 0) is 56.7 Å². The highest BCUT2D eigenvalue weighted by Gasteiger charge is 2.29. The maximum absolute atomic E-state index is 12.5. The number of aliphatic carboxylic acids is 1. The van der Waals surface area contributed by atoms with Gasteiger partial charge < -0.3 is 5.11 Å². The molecule has 0 amide bonds. The summed E-state index contributed by atoms with van der Waals surface area (Å²) in [5.74, 6) is -1.13. The second-order valence-corrected chi connectivity index (χ2v) is 7.46. The minimum absolute atomic E-state index is 0.175. The number of aryl methyl sites for hydroxylation is 2. The quantitative estimate of drug-likeness (QED) is 0.893. The van der Waals surface area contributed by atoms with Crippen LogP contribution in [-0.4, -0.2) is 25.5 Å². The Morgan fingerprint density at radius 1 is 1.19 bits per heavy atom. The van der Waals surface area contributed by atoms with Crippen LogP contribution in [0.25, 0.3) is 0 Å². The lowest BCUT2D eigenvalue weighted by atomic mass is 9.87. The van der Waals surface area contributed by atoms with Gasteiger partial charge in [0.05, 0.1) is 10.8 Å². The van der Waals surface area contributed by atoms with Gasteiger partial charge in [-0.2, -0.15) is 0 Å². The normalized spacial score (nSPS) is 23.0. The third kappa shape index (κ3) is 3.83. The zero-order valence-corrected chi connectivity index (χ0v) is 13.1. The first-order valence-corrected chi connectivity index (χ1v) is 8.60. The van der Waals surface area contributed by atoms with E-state index in [4.69, 9.17) is 5.11 Å². The van der Waals surface area contributed by atoms with Gasteiger partial charge in [0.1, 0.15) is 0 Å². The molecule has 0 atom stereocenters. The van der Waals surface area contributed by atoms with E-state index in [1.165, 1.54) is 0 Å². The van der Waals surface area contributed by atoms with Crippen LogP contribution in [0.1, 0.15) is 36.8 Å². The number of rotatable bonds is 4. The van der Waals surface area contributed by atoms with Gasteiger partial charge in [-0.3, -0.25) is 4.79 Å². The van der Waals surface area contributed by atoms with Crippen LogP contribution < -0.4 is 4.72 Å². The Labute approximate surface area is 125 Å². The highest BCUT2D eigenvalue weighted by molar-refractivity contribution is 7.89. The molecule has 1 aromatic rings. The van der Waals surface area contributed by atoms with Crippen LogP contribution in [0.3, 0.4) is 0 Å². The maximum Gasteiger partial charge on any atom is 0.306 e. The predicted octanol–water partition coefficient (Wildman–Crippen LogP) is 2.23. The fourth-order valence-electron chi connectivity index (χ4n) is 2.74. The molecule has 0 unspecified atom stereocenters. The van der Waals surface area contributed by atoms with Crippen molar-refractivity contribution >= 4 is 16.0 Å². The summed E-state index contributed by atoms with van der Waals surface area (Å²) >= 11 is 0. The van der Waals surface area contributed by atoms with E-state index in [-0.39, 0.29) is 12.0 Å².